The van der Waals surface area contributed by atoms with E-state index in [1.165, 1.54) is 0 Å². The third-order valence-corrected chi connectivity index (χ3v) is 5.99. The van der Waals surface area contributed by atoms with E-state index in [0.717, 1.165) is 25.7 Å². The van der Waals surface area contributed by atoms with Crippen LogP contribution in [0.3, 0.4) is 0 Å². The summed E-state index contributed by atoms with van der Waals surface area (Å²) in [6, 6.07) is 0. The van der Waals surface area contributed by atoms with Crippen LogP contribution in [0.25, 0.3) is 0 Å². The normalized spacial score (nSPS) is 40.7. The van der Waals surface area contributed by atoms with Crippen LogP contribution in [0.2, 0.25) is 0 Å². The molecule has 2 aliphatic rings. The number of hydrogen-bond acceptors (Lipinski definition) is 5. The van der Waals surface area contributed by atoms with Gasteiger partial charge < -0.3 is 14.6 Å². The van der Waals surface area contributed by atoms with E-state index in [0.29, 0.717) is 19.1 Å². The van der Waals surface area contributed by atoms with Crippen molar-refractivity contribution in [2.75, 3.05) is 13.2 Å². The molecule has 5 heteroatoms. The van der Waals surface area contributed by atoms with Crippen LogP contribution in [-0.4, -0.2) is 41.6 Å². The summed E-state index contributed by atoms with van der Waals surface area (Å²) in [6.45, 7) is 10.5. The molecule has 7 atom stereocenters. The SMILES string of the molecule is C=CCOC(O)C(C)C1CCC(C)C2CCC(C)OCC21OO. The Morgan fingerprint density at radius 3 is 2.70 bits per heavy atom. The van der Waals surface area contributed by atoms with Gasteiger partial charge in [-0.2, -0.15) is 0 Å². The van der Waals surface area contributed by atoms with Gasteiger partial charge in [0.15, 0.2) is 6.29 Å². The zero-order valence-electron chi connectivity index (χ0n) is 14.6. The Hall–Kier alpha value is -0.460. The standard InChI is InChI=1S/C18H32O5/c1-5-10-21-17(19)14(4)16-8-6-12(2)15-9-7-13(3)22-11-18(15,16)23-20/h5,12-17,19-20H,1,6-11H2,2-4H3. The number of aliphatic hydroxyl groups is 1. The van der Waals surface area contributed by atoms with Crippen molar-refractivity contribution in [1.29, 1.82) is 0 Å². The van der Waals surface area contributed by atoms with Gasteiger partial charge in [0.1, 0.15) is 5.60 Å². The molecule has 7 unspecified atom stereocenters. The Labute approximate surface area is 139 Å². The summed E-state index contributed by atoms with van der Waals surface area (Å²) in [6.07, 6.45) is 4.76. The van der Waals surface area contributed by atoms with Crippen LogP contribution in [0.1, 0.15) is 46.5 Å². The van der Waals surface area contributed by atoms with E-state index in [9.17, 15) is 10.4 Å². The average molecular weight is 328 g/mol. The van der Waals surface area contributed by atoms with Crippen LogP contribution in [0.15, 0.2) is 12.7 Å². The molecule has 134 valence electrons. The third-order valence-electron chi connectivity index (χ3n) is 5.99. The fraction of sp³-hybridized carbons (Fsp3) is 0.889. The summed E-state index contributed by atoms with van der Waals surface area (Å²) in [7, 11) is 0. The summed E-state index contributed by atoms with van der Waals surface area (Å²) in [5, 5.41) is 20.2. The zero-order chi connectivity index (χ0) is 17.0. The number of fused-ring (bicyclic) bond motifs is 1. The molecule has 0 bridgehead atoms. The monoisotopic (exact) mass is 328 g/mol. The van der Waals surface area contributed by atoms with E-state index in [1.54, 1.807) is 6.08 Å². The summed E-state index contributed by atoms with van der Waals surface area (Å²) in [4.78, 5) is 5.16. The van der Waals surface area contributed by atoms with Crippen LogP contribution in [-0.2, 0) is 14.4 Å². The van der Waals surface area contributed by atoms with E-state index in [2.05, 4.69) is 20.4 Å². The summed E-state index contributed by atoms with van der Waals surface area (Å²) < 4.78 is 11.3. The van der Waals surface area contributed by atoms with Crippen LogP contribution >= 0.6 is 0 Å². The highest BCUT2D eigenvalue weighted by atomic mass is 17.1. The Balaban J connectivity index is 2.24. The summed E-state index contributed by atoms with van der Waals surface area (Å²) in [5.41, 5.74) is -0.764. The van der Waals surface area contributed by atoms with Crippen LogP contribution in [0.4, 0.5) is 0 Å². The second-order valence-electron chi connectivity index (χ2n) is 7.38. The van der Waals surface area contributed by atoms with Crippen molar-refractivity contribution in [3.8, 4) is 0 Å². The molecular weight excluding hydrogens is 296 g/mol. The minimum atomic E-state index is -0.903. The molecule has 5 nitrogen and oxygen atoms in total. The van der Waals surface area contributed by atoms with Crippen molar-refractivity contribution in [2.24, 2.45) is 23.7 Å². The predicted octanol–water partition coefficient (Wildman–Crippen LogP) is 3.23. The minimum Gasteiger partial charge on any atom is -0.375 e. The number of rotatable bonds is 6. The molecule has 1 heterocycles. The van der Waals surface area contributed by atoms with Gasteiger partial charge in [-0.1, -0.05) is 19.9 Å². The molecule has 1 aliphatic carbocycles. The van der Waals surface area contributed by atoms with Crippen molar-refractivity contribution >= 4 is 0 Å². The van der Waals surface area contributed by atoms with Crippen LogP contribution in [0, 0.1) is 23.7 Å². The molecule has 0 spiro atoms. The first-order valence-electron chi connectivity index (χ1n) is 8.81. The van der Waals surface area contributed by atoms with E-state index in [4.69, 9.17) is 14.4 Å². The molecule has 0 aromatic heterocycles. The number of ether oxygens (including phenoxy) is 2. The second kappa shape index (κ2) is 8.08. The van der Waals surface area contributed by atoms with E-state index < -0.39 is 11.9 Å². The first-order valence-corrected chi connectivity index (χ1v) is 8.81. The van der Waals surface area contributed by atoms with Crippen molar-refractivity contribution in [2.45, 2.75) is 64.4 Å². The third kappa shape index (κ3) is 3.80. The lowest BCUT2D eigenvalue weighted by Gasteiger charge is -2.51. The van der Waals surface area contributed by atoms with Crippen molar-refractivity contribution in [3.05, 3.63) is 12.7 Å². The lowest BCUT2D eigenvalue weighted by atomic mass is 9.59. The van der Waals surface area contributed by atoms with Gasteiger partial charge in [-0.25, -0.2) is 4.89 Å². The lowest BCUT2D eigenvalue weighted by molar-refractivity contribution is -0.379. The zero-order valence-corrected chi connectivity index (χ0v) is 14.6. The van der Waals surface area contributed by atoms with E-state index in [1.807, 2.05) is 6.92 Å². The van der Waals surface area contributed by atoms with Gasteiger partial charge in [-0.3, -0.25) is 5.26 Å². The molecule has 1 saturated carbocycles. The molecule has 23 heavy (non-hydrogen) atoms. The molecule has 2 rings (SSSR count). The molecule has 2 fully saturated rings. The van der Waals surface area contributed by atoms with Gasteiger partial charge in [0, 0.05) is 11.8 Å². The highest BCUT2D eigenvalue weighted by Crippen LogP contribution is 2.51. The molecule has 0 amide bonds. The smallest absolute Gasteiger partial charge is 0.157 e. The topological polar surface area (TPSA) is 68.2 Å². The van der Waals surface area contributed by atoms with Gasteiger partial charge in [-0.15, -0.1) is 6.58 Å². The maximum Gasteiger partial charge on any atom is 0.157 e. The van der Waals surface area contributed by atoms with Gasteiger partial charge in [0.25, 0.3) is 0 Å². The summed E-state index contributed by atoms with van der Waals surface area (Å²) >= 11 is 0. The molecule has 1 aliphatic heterocycles. The van der Waals surface area contributed by atoms with E-state index >= 15 is 0 Å². The predicted molar refractivity (Wildman–Crippen MR) is 87.8 cm³/mol. The number of hydrogen-bond donors (Lipinski definition) is 2. The highest BCUT2D eigenvalue weighted by molar-refractivity contribution is 5.02. The first-order chi connectivity index (χ1) is 11.0. The quantitative estimate of drug-likeness (QED) is 0.339. The first kappa shape index (κ1) is 18.9. The fourth-order valence-electron chi connectivity index (χ4n) is 4.54. The van der Waals surface area contributed by atoms with E-state index in [-0.39, 0.29) is 23.9 Å². The van der Waals surface area contributed by atoms with Gasteiger partial charge in [0.2, 0.25) is 0 Å². The van der Waals surface area contributed by atoms with Crippen molar-refractivity contribution in [1.82, 2.24) is 0 Å². The molecule has 1 saturated heterocycles. The van der Waals surface area contributed by atoms with Crippen molar-refractivity contribution < 1.29 is 24.7 Å². The second-order valence-corrected chi connectivity index (χ2v) is 7.38. The fourth-order valence-corrected chi connectivity index (χ4v) is 4.54. The molecule has 2 N–H and O–H groups in total. The largest absolute Gasteiger partial charge is 0.375 e. The van der Waals surface area contributed by atoms with Gasteiger partial charge in [0.05, 0.1) is 19.3 Å². The lowest BCUT2D eigenvalue weighted by Crippen LogP contribution is -2.58. The Morgan fingerprint density at radius 2 is 2.04 bits per heavy atom. The molecular formula is C18H32O5. The molecule has 0 aromatic carbocycles. The average Bonchev–Trinajstić information content (AvgIpc) is 2.73. The van der Waals surface area contributed by atoms with Gasteiger partial charge in [-0.05, 0) is 44.4 Å². The van der Waals surface area contributed by atoms with Crippen molar-refractivity contribution in [3.63, 3.8) is 0 Å². The van der Waals surface area contributed by atoms with Crippen LogP contribution in [0.5, 0.6) is 0 Å². The Morgan fingerprint density at radius 1 is 1.30 bits per heavy atom. The van der Waals surface area contributed by atoms with Gasteiger partial charge >= 0.3 is 0 Å². The molecule has 0 aromatic rings. The minimum absolute atomic E-state index is 0.0150. The maximum atomic E-state index is 10.3. The maximum absolute atomic E-state index is 10.3. The highest BCUT2D eigenvalue weighted by Gasteiger charge is 2.56. The number of aliphatic hydroxyl groups excluding tert-OH is 1. The molecule has 0 radical (unpaired) electrons. The van der Waals surface area contributed by atoms with Crippen LogP contribution < -0.4 is 0 Å². The Kier molecular flexibility index (Phi) is 6.63. The summed E-state index contributed by atoms with van der Waals surface area (Å²) in [5.74, 6) is 0.518. The Bertz CT molecular complexity index is 388.